The maximum atomic E-state index is 2.44. The Morgan fingerprint density at radius 1 is 0.517 bits per heavy atom. The third-order valence-corrected chi connectivity index (χ3v) is 11.8. The van der Waals surface area contributed by atoms with Crippen molar-refractivity contribution < 1.29 is 0 Å². The van der Waals surface area contributed by atoms with E-state index in [4.69, 9.17) is 0 Å². The molecule has 3 aromatic rings. The molecule has 3 aromatic carbocycles. The zero-order valence-electron chi connectivity index (χ0n) is 18.2. The standard InChI is InChI=1S/C28H30Si/c1-20-9-6-12-25(17-20)29(26-13-7-10-21(2)18-26,27-14-8-11-22(3)19-27)28-23(4)15-16-24(28)5/h6-19,28H,1-5H3. The molecule has 1 aliphatic carbocycles. The van der Waals surface area contributed by atoms with Crippen molar-refractivity contribution in [2.75, 3.05) is 0 Å². The summed E-state index contributed by atoms with van der Waals surface area (Å²) in [5, 5.41) is 4.50. The van der Waals surface area contributed by atoms with Crippen molar-refractivity contribution in [1.29, 1.82) is 0 Å². The van der Waals surface area contributed by atoms with Gasteiger partial charge in [-0.1, -0.05) is 113 Å². The molecule has 0 aliphatic heterocycles. The molecule has 0 N–H and O–H groups in total. The van der Waals surface area contributed by atoms with E-state index in [2.05, 4.69) is 120 Å². The van der Waals surface area contributed by atoms with Gasteiger partial charge in [-0.3, -0.25) is 0 Å². The molecule has 0 nitrogen and oxygen atoms in total. The van der Waals surface area contributed by atoms with E-state index in [1.807, 2.05) is 0 Å². The van der Waals surface area contributed by atoms with E-state index in [1.165, 1.54) is 43.4 Å². The number of aryl methyl sites for hydroxylation is 3. The fourth-order valence-electron chi connectivity index (χ4n) is 5.17. The van der Waals surface area contributed by atoms with Crippen LogP contribution in [-0.4, -0.2) is 8.07 Å². The molecule has 4 rings (SSSR count). The molecule has 0 atom stereocenters. The highest BCUT2D eigenvalue weighted by atomic mass is 28.3. The summed E-state index contributed by atoms with van der Waals surface area (Å²) in [6, 6.07) is 27.8. The third-order valence-electron chi connectivity index (χ3n) is 6.37. The second-order valence-corrected chi connectivity index (χ2v) is 12.6. The van der Waals surface area contributed by atoms with Gasteiger partial charge in [-0.15, -0.1) is 0 Å². The molecule has 146 valence electrons. The number of benzene rings is 3. The first-order valence-corrected chi connectivity index (χ1v) is 12.6. The molecule has 0 radical (unpaired) electrons. The van der Waals surface area contributed by atoms with Gasteiger partial charge in [0.25, 0.3) is 0 Å². The molecule has 0 spiro atoms. The Hall–Kier alpha value is -2.64. The maximum absolute atomic E-state index is 2.44. The van der Waals surface area contributed by atoms with Crippen LogP contribution in [0.2, 0.25) is 5.54 Å². The maximum Gasteiger partial charge on any atom is 0.159 e. The van der Waals surface area contributed by atoms with Crippen molar-refractivity contribution in [3.8, 4) is 0 Å². The van der Waals surface area contributed by atoms with Gasteiger partial charge in [0.15, 0.2) is 8.07 Å². The summed E-state index contributed by atoms with van der Waals surface area (Å²) in [6.07, 6.45) is 4.67. The number of hydrogen-bond acceptors (Lipinski definition) is 0. The van der Waals surface area contributed by atoms with Crippen molar-refractivity contribution in [3.05, 3.63) is 113 Å². The van der Waals surface area contributed by atoms with Crippen LogP contribution in [0.4, 0.5) is 0 Å². The average Bonchev–Trinajstić information content (AvgIpc) is 3.02. The number of allylic oxidation sites excluding steroid dienone is 4. The molecule has 0 saturated carbocycles. The SMILES string of the molecule is CC1=CC=C(C)C1[Si](c1cccc(C)c1)(c1cccc(C)c1)c1cccc(C)c1. The Morgan fingerprint density at radius 2 is 0.862 bits per heavy atom. The Labute approximate surface area is 176 Å². The first kappa shape index (κ1) is 19.7. The Morgan fingerprint density at radius 3 is 1.17 bits per heavy atom. The topological polar surface area (TPSA) is 0 Å². The summed E-state index contributed by atoms with van der Waals surface area (Å²) in [6.45, 7) is 11.3. The molecule has 1 aliphatic rings. The van der Waals surface area contributed by atoms with Gasteiger partial charge in [-0.05, 0) is 50.2 Å². The minimum Gasteiger partial charge on any atom is -0.0679 e. The van der Waals surface area contributed by atoms with Crippen molar-refractivity contribution in [3.63, 3.8) is 0 Å². The summed E-state index contributed by atoms with van der Waals surface area (Å²) in [7, 11) is -2.35. The van der Waals surface area contributed by atoms with Gasteiger partial charge in [-0.25, -0.2) is 0 Å². The molecule has 0 saturated heterocycles. The first-order valence-electron chi connectivity index (χ1n) is 10.5. The summed E-state index contributed by atoms with van der Waals surface area (Å²) in [5.74, 6) is 0. The van der Waals surface area contributed by atoms with Crippen molar-refractivity contribution >= 4 is 23.6 Å². The van der Waals surface area contributed by atoms with Crippen molar-refractivity contribution in [2.45, 2.75) is 40.2 Å². The van der Waals surface area contributed by atoms with Gasteiger partial charge in [0.1, 0.15) is 0 Å². The quantitative estimate of drug-likeness (QED) is 0.413. The van der Waals surface area contributed by atoms with E-state index in [9.17, 15) is 0 Å². The fraction of sp³-hybridized carbons (Fsp3) is 0.214. The second-order valence-electron chi connectivity index (χ2n) is 8.67. The van der Waals surface area contributed by atoms with Crippen LogP contribution in [0.3, 0.4) is 0 Å². The normalized spacial score (nSPS) is 14.7. The number of rotatable bonds is 4. The molecule has 0 amide bonds. The molecule has 0 heterocycles. The van der Waals surface area contributed by atoms with E-state index in [1.54, 1.807) is 0 Å². The summed E-state index contributed by atoms with van der Waals surface area (Å²) in [5.41, 5.74) is 7.41. The van der Waals surface area contributed by atoms with E-state index in [-0.39, 0.29) is 0 Å². The van der Waals surface area contributed by atoms with Crippen LogP contribution in [0.1, 0.15) is 30.5 Å². The highest BCUT2D eigenvalue weighted by Gasteiger charge is 2.48. The molecule has 0 aromatic heterocycles. The molecule has 0 fully saturated rings. The van der Waals surface area contributed by atoms with Gasteiger partial charge in [0.2, 0.25) is 0 Å². The lowest BCUT2D eigenvalue weighted by Crippen LogP contribution is -2.70. The smallest absolute Gasteiger partial charge is 0.0679 e. The summed E-state index contributed by atoms with van der Waals surface area (Å²) >= 11 is 0. The van der Waals surface area contributed by atoms with E-state index in [0.717, 1.165) is 0 Å². The van der Waals surface area contributed by atoms with Crippen LogP contribution in [-0.2, 0) is 0 Å². The first-order chi connectivity index (χ1) is 13.9. The van der Waals surface area contributed by atoms with Gasteiger partial charge in [-0.2, -0.15) is 0 Å². The van der Waals surface area contributed by atoms with Gasteiger partial charge in [0.05, 0.1) is 0 Å². The van der Waals surface area contributed by atoms with Gasteiger partial charge >= 0.3 is 0 Å². The molecule has 0 unspecified atom stereocenters. The fourth-order valence-corrected chi connectivity index (χ4v) is 11.2. The molecule has 1 heteroatoms. The predicted octanol–water partition coefficient (Wildman–Crippen LogP) is 5.36. The van der Waals surface area contributed by atoms with Gasteiger partial charge < -0.3 is 0 Å². The van der Waals surface area contributed by atoms with E-state index < -0.39 is 8.07 Å². The number of hydrogen-bond donors (Lipinski definition) is 0. The highest BCUT2D eigenvalue weighted by Crippen LogP contribution is 2.40. The lowest BCUT2D eigenvalue weighted by atomic mass is 10.2. The second kappa shape index (κ2) is 7.65. The Kier molecular flexibility index (Phi) is 5.18. The minimum absolute atomic E-state index is 0.438. The summed E-state index contributed by atoms with van der Waals surface area (Å²) < 4.78 is 0. The average molecular weight is 395 g/mol. The lowest BCUT2D eigenvalue weighted by Gasteiger charge is -2.41. The zero-order valence-corrected chi connectivity index (χ0v) is 19.2. The highest BCUT2D eigenvalue weighted by molar-refractivity contribution is 7.13. The van der Waals surface area contributed by atoms with Crippen LogP contribution in [0.15, 0.2) is 96.1 Å². The summed E-state index contributed by atoms with van der Waals surface area (Å²) in [4.78, 5) is 0. The van der Waals surface area contributed by atoms with Crippen LogP contribution in [0.25, 0.3) is 0 Å². The van der Waals surface area contributed by atoms with Crippen molar-refractivity contribution in [1.82, 2.24) is 0 Å². The molecule has 0 bridgehead atoms. The molecule has 29 heavy (non-hydrogen) atoms. The molecular formula is C28H30Si. The van der Waals surface area contributed by atoms with Crippen LogP contribution in [0, 0.1) is 20.8 Å². The van der Waals surface area contributed by atoms with E-state index >= 15 is 0 Å². The predicted molar refractivity (Wildman–Crippen MR) is 129 cm³/mol. The largest absolute Gasteiger partial charge is 0.159 e. The third kappa shape index (κ3) is 3.34. The van der Waals surface area contributed by atoms with Crippen LogP contribution in [0.5, 0.6) is 0 Å². The monoisotopic (exact) mass is 394 g/mol. The zero-order chi connectivity index (χ0) is 20.6. The lowest BCUT2D eigenvalue weighted by molar-refractivity contribution is 1.10. The Bertz CT molecular complexity index is 987. The minimum atomic E-state index is -2.35. The van der Waals surface area contributed by atoms with Crippen LogP contribution >= 0.6 is 0 Å². The van der Waals surface area contributed by atoms with Crippen molar-refractivity contribution in [2.24, 2.45) is 0 Å². The Balaban J connectivity index is 2.16. The van der Waals surface area contributed by atoms with E-state index in [0.29, 0.717) is 5.54 Å². The molecular weight excluding hydrogens is 364 g/mol. The van der Waals surface area contributed by atoms with Gasteiger partial charge in [0, 0.05) is 5.54 Å². The van der Waals surface area contributed by atoms with Crippen LogP contribution < -0.4 is 15.6 Å².